The summed E-state index contributed by atoms with van der Waals surface area (Å²) in [7, 11) is 1.62. The molecule has 0 unspecified atom stereocenters. The number of hydrogen-bond acceptors (Lipinski definition) is 3. The Hall–Kier alpha value is -2.20. The topological polar surface area (TPSA) is 47.6 Å². The van der Waals surface area contributed by atoms with Gasteiger partial charge in [0, 0.05) is 12.1 Å². The third-order valence-corrected chi connectivity index (χ3v) is 4.34. The van der Waals surface area contributed by atoms with Crippen molar-refractivity contribution in [2.75, 3.05) is 12.4 Å². The standard InChI is InChI=1S/C21H26ClNO3/c1-6-7-20(24)23-16-10-14(4)21(17(22)12-16)26-18-9-8-15(13(2)3)11-19(18)25-5/h8-13H,6-7H2,1-5H3,(H,23,24). The summed E-state index contributed by atoms with van der Waals surface area (Å²) < 4.78 is 11.5. The van der Waals surface area contributed by atoms with E-state index >= 15 is 0 Å². The molecule has 0 aliphatic rings. The highest BCUT2D eigenvalue weighted by Crippen LogP contribution is 2.39. The Bertz CT molecular complexity index is 764. The van der Waals surface area contributed by atoms with E-state index in [1.54, 1.807) is 13.2 Å². The van der Waals surface area contributed by atoms with E-state index in [4.69, 9.17) is 21.1 Å². The molecule has 0 radical (unpaired) electrons. The van der Waals surface area contributed by atoms with Crippen LogP contribution >= 0.6 is 11.6 Å². The molecule has 4 nitrogen and oxygen atoms in total. The van der Waals surface area contributed by atoms with Crippen molar-refractivity contribution in [1.82, 2.24) is 0 Å². The van der Waals surface area contributed by atoms with Crippen molar-refractivity contribution in [3.63, 3.8) is 0 Å². The van der Waals surface area contributed by atoms with Crippen molar-refractivity contribution in [3.8, 4) is 17.2 Å². The van der Waals surface area contributed by atoms with E-state index in [2.05, 4.69) is 19.2 Å². The highest BCUT2D eigenvalue weighted by Gasteiger charge is 2.14. The van der Waals surface area contributed by atoms with E-state index < -0.39 is 0 Å². The van der Waals surface area contributed by atoms with Gasteiger partial charge in [0.2, 0.25) is 5.91 Å². The molecule has 0 spiro atoms. The van der Waals surface area contributed by atoms with Crippen molar-refractivity contribution >= 4 is 23.2 Å². The second-order valence-corrected chi connectivity index (χ2v) is 6.98. The lowest BCUT2D eigenvalue weighted by Crippen LogP contribution is -2.10. The molecule has 2 aromatic rings. The summed E-state index contributed by atoms with van der Waals surface area (Å²) >= 11 is 6.41. The van der Waals surface area contributed by atoms with E-state index in [9.17, 15) is 4.79 Å². The summed E-state index contributed by atoms with van der Waals surface area (Å²) in [5.74, 6) is 2.18. The first-order chi connectivity index (χ1) is 12.3. The van der Waals surface area contributed by atoms with Gasteiger partial charge in [0.25, 0.3) is 0 Å². The first kappa shape index (κ1) is 20.1. The highest BCUT2D eigenvalue weighted by molar-refractivity contribution is 6.32. The van der Waals surface area contributed by atoms with Gasteiger partial charge in [-0.25, -0.2) is 0 Å². The van der Waals surface area contributed by atoms with Crippen molar-refractivity contribution in [1.29, 1.82) is 0 Å². The van der Waals surface area contributed by atoms with Crippen LogP contribution in [0.2, 0.25) is 5.02 Å². The summed E-state index contributed by atoms with van der Waals surface area (Å²) in [5, 5.41) is 3.29. The van der Waals surface area contributed by atoms with Gasteiger partial charge in [-0.05, 0) is 54.7 Å². The quantitative estimate of drug-likeness (QED) is 0.616. The molecule has 0 fully saturated rings. The summed E-state index contributed by atoms with van der Waals surface area (Å²) in [6.07, 6.45) is 1.28. The maximum Gasteiger partial charge on any atom is 0.224 e. The lowest BCUT2D eigenvalue weighted by molar-refractivity contribution is -0.116. The van der Waals surface area contributed by atoms with Gasteiger partial charge in [0.1, 0.15) is 5.75 Å². The molecule has 0 saturated carbocycles. The van der Waals surface area contributed by atoms with Gasteiger partial charge in [-0.15, -0.1) is 0 Å². The van der Waals surface area contributed by atoms with Gasteiger partial charge in [0.05, 0.1) is 12.1 Å². The Morgan fingerprint density at radius 2 is 1.92 bits per heavy atom. The van der Waals surface area contributed by atoms with E-state index in [0.717, 1.165) is 12.0 Å². The van der Waals surface area contributed by atoms with Crippen LogP contribution in [0.4, 0.5) is 5.69 Å². The Morgan fingerprint density at radius 3 is 2.50 bits per heavy atom. The second-order valence-electron chi connectivity index (χ2n) is 6.57. The number of benzene rings is 2. The van der Waals surface area contributed by atoms with E-state index in [1.165, 1.54) is 5.56 Å². The van der Waals surface area contributed by atoms with E-state index in [-0.39, 0.29) is 5.91 Å². The Balaban J connectivity index is 2.28. The minimum Gasteiger partial charge on any atom is -0.493 e. The summed E-state index contributed by atoms with van der Waals surface area (Å²) in [4.78, 5) is 11.8. The maximum atomic E-state index is 11.8. The first-order valence-electron chi connectivity index (χ1n) is 8.81. The Morgan fingerprint density at radius 1 is 1.19 bits per heavy atom. The zero-order valence-electron chi connectivity index (χ0n) is 16.0. The second kappa shape index (κ2) is 8.95. The molecule has 0 aliphatic heterocycles. The van der Waals surface area contributed by atoms with Crippen LogP contribution in [0.25, 0.3) is 0 Å². The van der Waals surface area contributed by atoms with Crippen molar-refractivity contribution in [2.45, 2.75) is 46.5 Å². The molecule has 1 amide bonds. The highest BCUT2D eigenvalue weighted by atomic mass is 35.5. The molecule has 0 bridgehead atoms. The lowest BCUT2D eigenvalue weighted by atomic mass is 10.0. The summed E-state index contributed by atoms with van der Waals surface area (Å²) in [5.41, 5.74) is 2.67. The molecule has 2 rings (SSSR count). The summed E-state index contributed by atoms with van der Waals surface area (Å²) in [6, 6.07) is 9.44. The van der Waals surface area contributed by atoms with E-state index in [0.29, 0.717) is 40.3 Å². The predicted molar refractivity (Wildman–Crippen MR) is 107 cm³/mol. The van der Waals surface area contributed by atoms with Crippen LogP contribution in [0.15, 0.2) is 30.3 Å². The normalized spacial score (nSPS) is 10.7. The molecule has 26 heavy (non-hydrogen) atoms. The van der Waals surface area contributed by atoms with Crippen molar-refractivity contribution < 1.29 is 14.3 Å². The van der Waals surface area contributed by atoms with Gasteiger partial charge in [-0.2, -0.15) is 0 Å². The Kier molecular flexibility index (Phi) is 6.92. The number of rotatable bonds is 7. The smallest absolute Gasteiger partial charge is 0.224 e. The third-order valence-electron chi connectivity index (χ3n) is 4.06. The van der Waals surface area contributed by atoms with Gasteiger partial charge in [-0.3, -0.25) is 4.79 Å². The van der Waals surface area contributed by atoms with Crippen LogP contribution in [-0.4, -0.2) is 13.0 Å². The Labute approximate surface area is 160 Å². The number of nitrogens with one attached hydrogen (secondary N) is 1. The van der Waals surface area contributed by atoms with Gasteiger partial charge < -0.3 is 14.8 Å². The fraction of sp³-hybridized carbons (Fsp3) is 0.381. The lowest BCUT2D eigenvalue weighted by Gasteiger charge is -2.16. The number of anilines is 1. The average Bonchev–Trinajstić information content (AvgIpc) is 2.58. The average molecular weight is 376 g/mol. The first-order valence-corrected chi connectivity index (χ1v) is 9.19. The number of halogens is 1. The largest absolute Gasteiger partial charge is 0.493 e. The number of hydrogen-bond donors (Lipinski definition) is 1. The van der Waals surface area contributed by atoms with Crippen molar-refractivity contribution in [2.24, 2.45) is 0 Å². The molecule has 0 atom stereocenters. The van der Waals surface area contributed by atoms with Crippen LogP contribution in [0.5, 0.6) is 17.2 Å². The fourth-order valence-electron chi connectivity index (χ4n) is 2.62. The van der Waals surface area contributed by atoms with Crippen LogP contribution in [0, 0.1) is 6.92 Å². The molecule has 0 saturated heterocycles. The monoisotopic (exact) mass is 375 g/mol. The molecule has 5 heteroatoms. The summed E-state index contributed by atoms with van der Waals surface area (Å²) in [6.45, 7) is 8.11. The molecule has 0 aromatic heterocycles. The van der Waals surface area contributed by atoms with E-state index in [1.807, 2.05) is 38.1 Å². The molecule has 2 aromatic carbocycles. The third kappa shape index (κ3) is 4.92. The molecular weight excluding hydrogens is 350 g/mol. The number of amides is 1. The number of methoxy groups -OCH3 is 1. The van der Waals surface area contributed by atoms with Gasteiger partial charge >= 0.3 is 0 Å². The van der Waals surface area contributed by atoms with Gasteiger partial charge in [0.15, 0.2) is 11.5 Å². The minimum absolute atomic E-state index is 0.0254. The minimum atomic E-state index is -0.0254. The number of carbonyl (C=O) groups is 1. The molecule has 0 heterocycles. The van der Waals surface area contributed by atoms with Crippen LogP contribution in [-0.2, 0) is 4.79 Å². The number of aryl methyl sites for hydroxylation is 1. The zero-order valence-corrected chi connectivity index (χ0v) is 16.7. The predicted octanol–water partition coefficient (Wildman–Crippen LogP) is 6.31. The molecular formula is C21H26ClNO3. The number of ether oxygens (including phenoxy) is 2. The zero-order chi connectivity index (χ0) is 19.3. The van der Waals surface area contributed by atoms with Crippen LogP contribution in [0.1, 0.15) is 50.7 Å². The molecule has 140 valence electrons. The number of carbonyl (C=O) groups excluding carboxylic acids is 1. The van der Waals surface area contributed by atoms with Crippen LogP contribution in [0.3, 0.4) is 0 Å². The fourth-order valence-corrected chi connectivity index (χ4v) is 2.93. The SMILES string of the molecule is CCCC(=O)Nc1cc(C)c(Oc2ccc(C(C)C)cc2OC)c(Cl)c1. The maximum absolute atomic E-state index is 11.8. The van der Waals surface area contributed by atoms with Crippen molar-refractivity contribution in [3.05, 3.63) is 46.5 Å². The van der Waals surface area contributed by atoms with Gasteiger partial charge in [-0.1, -0.05) is 38.4 Å². The molecule has 0 aliphatic carbocycles. The molecule has 1 N–H and O–H groups in total. The van der Waals surface area contributed by atoms with Crippen LogP contribution < -0.4 is 14.8 Å².